The standard InChI is InChI=1S/C13H22O2/c1-3-9-15-11-13-7-5-12(6-8-13)10-14-4-2/h3-4,9,12-13H,2,5-8,10-11H2,1H3. The summed E-state index contributed by atoms with van der Waals surface area (Å²) in [6.07, 6.45) is 10.3. The van der Waals surface area contributed by atoms with E-state index in [1.54, 1.807) is 12.5 Å². The van der Waals surface area contributed by atoms with Crippen LogP contribution in [-0.2, 0) is 9.47 Å². The van der Waals surface area contributed by atoms with Crippen LogP contribution in [0.2, 0.25) is 0 Å². The molecule has 0 bridgehead atoms. The molecule has 0 N–H and O–H groups in total. The molecule has 0 saturated heterocycles. The summed E-state index contributed by atoms with van der Waals surface area (Å²) in [7, 11) is 0. The smallest absolute Gasteiger partial charge is 0.0901 e. The van der Waals surface area contributed by atoms with Gasteiger partial charge in [0, 0.05) is 0 Å². The van der Waals surface area contributed by atoms with Crippen molar-refractivity contribution in [2.24, 2.45) is 11.8 Å². The van der Waals surface area contributed by atoms with Crippen molar-refractivity contribution >= 4 is 0 Å². The predicted octanol–water partition coefficient (Wildman–Crippen LogP) is 3.50. The van der Waals surface area contributed by atoms with Gasteiger partial charge in [-0.25, -0.2) is 0 Å². The first kappa shape index (κ1) is 12.2. The van der Waals surface area contributed by atoms with E-state index in [-0.39, 0.29) is 0 Å². The molecule has 0 unspecified atom stereocenters. The normalized spacial score (nSPS) is 26.5. The fourth-order valence-electron chi connectivity index (χ4n) is 2.06. The van der Waals surface area contributed by atoms with E-state index in [2.05, 4.69) is 6.58 Å². The second kappa shape index (κ2) is 7.38. The summed E-state index contributed by atoms with van der Waals surface area (Å²) < 4.78 is 10.6. The highest BCUT2D eigenvalue weighted by molar-refractivity contribution is 4.74. The highest BCUT2D eigenvalue weighted by atomic mass is 16.5. The lowest BCUT2D eigenvalue weighted by atomic mass is 9.83. The van der Waals surface area contributed by atoms with Crippen LogP contribution in [0, 0.1) is 11.8 Å². The Bertz CT molecular complexity index is 191. The maximum absolute atomic E-state index is 5.41. The maximum atomic E-state index is 5.41. The molecule has 0 aromatic heterocycles. The number of ether oxygens (including phenoxy) is 2. The molecule has 15 heavy (non-hydrogen) atoms. The lowest BCUT2D eigenvalue weighted by Crippen LogP contribution is -2.20. The molecule has 0 aromatic carbocycles. The van der Waals surface area contributed by atoms with Gasteiger partial charge in [-0.2, -0.15) is 0 Å². The minimum Gasteiger partial charge on any atom is -0.502 e. The minimum absolute atomic E-state index is 0.723. The van der Waals surface area contributed by atoms with E-state index in [1.807, 2.05) is 13.0 Å². The van der Waals surface area contributed by atoms with Crippen LogP contribution in [0.3, 0.4) is 0 Å². The fraction of sp³-hybridized carbons (Fsp3) is 0.692. The summed E-state index contributed by atoms with van der Waals surface area (Å²) in [6.45, 7) is 7.25. The second-order valence-electron chi connectivity index (χ2n) is 4.19. The van der Waals surface area contributed by atoms with Gasteiger partial charge in [0.1, 0.15) is 0 Å². The van der Waals surface area contributed by atoms with Crippen molar-refractivity contribution in [3.05, 3.63) is 25.2 Å². The molecule has 1 aliphatic carbocycles. The predicted molar refractivity (Wildman–Crippen MR) is 62.4 cm³/mol. The van der Waals surface area contributed by atoms with Gasteiger partial charge in [-0.1, -0.05) is 12.7 Å². The number of allylic oxidation sites excluding steroid dienone is 1. The van der Waals surface area contributed by atoms with Gasteiger partial charge in [0.25, 0.3) is 0 Å². The molecule has 2 nitrogen and oxygen atoms in total. The van der Waals surface area contributed by atoms with E-state index in [0.29, 0.717) is 0 Å². The molecule has 1 saturated carbocycles. The zero-order valence-electron chi connectivity index (χ0n) is 9.65. The van der Waals surface area contributed by atoms with Crippen LogP contribution in [0.15, 0.2) is 25.2 Å². The Kier molecular flexibility index (Phi) is 5.98. The molecule has 0 aliphatic heterocycles. The summed E-state index contributed by atoms with van der Waals surface area (Å²) >= 11 is 0. The van der Waals surface area contributed by atoms with E-state index in [1.165, 1.54) is 25.7 Å². The molecule has 2 heteroatoms. The summed E-state index contributed by atoms with van der Waals surface area (Å²) in [5.41, 5.74) is 0. The highest BCUT2D eigenvalue weighted by Gasteiger charge is 2.21. The van der Waals surface area contributed by atoms with Crippen molar-refractivity contribution < 1.29 is 9.47 Å². The largest absolute Gasteiger partial charge is 0.502 e. The third-order valence-electron chi connectivity index (χ3n) is 2.98. The van der Waals surface area contributed by atoms with Gasteiger partial charge in [0.05, 0.1) is 25.7 Å². The number of rotatable bonds is 6. The average Bonchev–Trinajstić information content (AvgIpc) is 2.28. The van der Waals surface area contributed by atoms with Crippen molar-refractivity contribution in [3.8, 4) is 0 Å². The van der Waals surface area contributed by atoms with Gasteiger partial charge in [0.2, 0.25) is 0 Å². The van der Waals surface area contributed by atoms with E-state index in [9.17, 15) is 0 Å². The molecular formula is C13H22O2. The van der Waals surface area contributed by atoms with E-state index in [0.717, 1.165) is 25.0 Å². The SMILES string of the molecule is C=COCC1CCC(COC=CC)CC1. The van der Waals surface area contributed by atoms with Crippen molar-refractivity contribution in [2.75, 3.05) is 13.2 Å². The van der Waals surface area contributed by atoms with Crippen LogP contribution in [0.25, 0.3) is 0 Å². The average molecular weight is 210 g/mol. The van der Waals surface area contributed by atoms with Crippen molar-refractivity contribution in [1.82, 2.24) is 0 Å². The Hall–Kier alpha value is -0.920. The number of hydrogen-bond donors (Lipinski definition) is 0. The Morgan fingerprint density at radius 2 is 1.60 bits per heavy atom. The lowest BCUT2D eigenvalue weighted by molar-refractivity contribution is 0.114. The molecule has 1 fully saturated rings. The molecular weight excluding hydrogens is 188 g/mol. The van der Waals surface area contributed by atoms with Crippen LogP contribution >= 0.6 is 0 Å². The van der Waals surface area contributed by atoms with Crippen LogP contribution < -0.4 is 0 Å². The molecule has 0 amide bonds. The lowest BCUT2D eigenvalue weighted by Gasteiger charge is -2.27. The molecule has 86 valence electrons. The van der Waals surface area contributed by atoms with Gasteiger partial charge >= 0.3 is 0 Å². The van der Waals surface area contributed by atoms with E-state index >= 15 is 0 Å². The summed E-state index contributed by atoms with van der Waals surface area (Å²) in [4.78, 5) is 0. The first-order valence-corrected chi connectivity index (χ1v) is 5.82. The van der Waals surface area contributed by atoms with Gasteiger partial charge in [0.15, 0.2) is 0 Å². The van der Waals surface area contributed by atoms with Gasteiger partial charge < -0.3 is 9.47 Å². The number of hydrogen-bond acceptors (Lipinski definition) is 2. The fourth-order valence-corrected chi connectivity index (χ4v) is 2.06. The van der Waals surface area contributed by atoms with Gasteiger partial charge in [-0.05, 0) is 44.4 Å². The molecule has 0 aromatic rings. The Morgan fingerprint density at radius 3 is 2.07 bits per heavy atom. The summed E-state index contributed by atoms with van der Waals surface area (Å²) in [5, 5.41) is 0. The monoisotopic (exact) mass is 210 g/mol. The molecule has 0 heterocycles. The third kappa shape index (κ3) is 4.91. The summed E-state index contributed by atoms with van der Waals surface area (Å²) in [5.74, 6) is 1.46. The topological polar surface area (TPSA) is 18.5 Å². The Balaban J connectivity index is 2.09. The summed E-state index contributed by atoms with van der Waals surface area (Å²) in [6, 6.07) is 0. The van der Waals surface area contributed by atoms with Crippen molar-refractivity contribution in [3.63, 3.8) is 0 Å². The van der Waals surface area contributed by atoms with Crippen LogP contribution in [0.1, 0.15) is 32.6 Å². The first-order valence-electron chi connectivity index (χ1n) is 5.82. The molecule has 0 spiro atoms. The first-order chi connectivity index (χ1) is 7.36. The molecule has 0 radical (unpaired) electrons. The molecule has 1 rings (SSSR count). The third-order valence-corrected chi connectivity index (χ3v) is 2.98. The zero-order valence-corrected chi connectivity index (χ0v) is 9.65. The van der Waals surface area contributed by atoms with Crippen LogP contribution in [0.4, 0.5) is 0 Å². The highest BCUT2D eigenvalue weighted by Crippen LogP contribution is 2.29. The van der Waals surface area contributed by atoms with Crippen LogP contribution in [0.5, 0.6) is 0 Å². The minimum atomic E-state index is 0.723. The zero-order chi connectivity index (χ0) is 10.9. The molecule has 1 aliphatic rings. The quantitative estimate of drug-likeness (QED) is 0.625. The molecule has 0 atom stereocenters. The Morgan fingerprint density at radius 1 is 1.07 bits per heavy atom. The van der Waals surface area contributed by atoms with Crippen LogP contribution in [-0.4, -0.2) is 13.2 Å². The second-order valence-corrected chi connectivity index (χ2v) is 4.19. The van der Waals surface area contributed by atoms with Gasteiger partial charge in [-0.15, -0.1) is 0 Å². The van der Waals surface area contributed by atoms with Crippen molar-refractivity contribution in [1.29, 1.82) is 0 Å². The maximum Gasteiger partial charge on any atom is 0.0901 e. The van der Waals surface area contributed by atoms with Gasteiger partial charge in [-0.3, -0.25) is 0 Å². The van der Waals surface area contributed by atoms with E-state index in [4.69, 9.17) is 9.47 Å². The van der Waals surface area contributed by atoms with Crippen molar-refractivity contribution in [2.45, 2.75) is 32.6 Å². The Labute approximate surface area is 93.0 Å². The van der Waals surface area contributed by atoms with E-state index < -0.39 is 0 Å².